The maximum atomic E-state index is 6.32. The highest BCUT2D eigenvalue weighted by Crippen LogP contribution is 2.26. The van der Waals surface area contributed by atoms with Crippen molar-refractivity contribution in [2.75, 3.05) is 7.05 Å². The second-order valence-corrected chi connectivity index (χ2v) is 5.54. The van der Waals surface area contributed by atoms with Crippen LogP contribution in [0.25, 0.3) is 0 Å². The van der Waals surface area contributed by atoms with Gasteiger partial charge < -0.3 is 5.32 Å². The van der Waals surface area contributed by atoms with E-state index in [0.717, 1.165) is 30.1 Å². The number of aromatic nitrogens is 2. The van der Waals surface area contributed by atoms with Crippen molar-refractivity contribution in [1.29, 1.82) is 0 Å². The van der Waals surface area contributed by atoms with Gasteiger partial charge in [0.25, 0.3) is 0 Å². The van der Waals surface area contributed by atoms with Crippen LogP contribution in [-0.2, 0) is 13.0 Å². The zero-order chi connectivity index (χ0) is 14.5. The standard InChI is InChI=1S/C16H22ClN3/c1-4-9-20-16(14(17)11-19-20)15(18-3)10-13-7-5-12(2)6-8-13/h5-8,11,15,18H,4,9-10H2,1-3H3. The maximum absolute atomic E-state index is 6.32. The summed E-state index contributed by atoms with van der Waals surface area (Å²) < 4.78 is 2.01. The first kappa shape index (κ1) is 15.1. The van der Waals surface area contributed by atoms with E-state index in [1.807, 2.05) is 11.7 Å². The van der Waals surface area contributed by atoms with Crippen molar-refractivity contribution in [1.82, 2.24) is 15.1 Å². The molecule has 1 heterocycles. The van der Waals surface area contributed by atoms with Crippen molar-refractivity contribution in [3.63, 3.8) is 0 Å². The Labute approximate surface area is 126 Å². The number of likely N-dealkylation sites (N-methyl/N-ethyl adjacent to an activating group) is 1. The Hall–Kier alpha value is -1.32. The molecule has 108 valence electrons. The van der Waals surface area contributed by atoms with E-state index in [0.29, 0.717) is 0 Å². The normalized spacial score (nSPS) is 12.6. The van der Waals surface area contributed by atoms with Gasteiger partial charge in [0.15, 0.2) is 0 Å². The number of benzene rings is 1. The van der Waals surface area contributed by atoms with Crippen LogP contribution < -0.4 is 5.32 Å². The molecule has 1 unspecified atom stereocenters. The lowest BCUT2D eigenvalue weighted by atomic mass is 10.0. The highest BCUT2D eigenvalue weighted by Gasteiger charge is 2.19. The number of nitrogens with zero attached hydrogens (tertiary/aromatic N) is 2. The maximum Gasteiger partial charge on any atom is 0.0834 e. The van der Waals surface area contributed by atoms with Crippen molar-refractivity contribution < 1.29 is 0 Å². The Morgan fingerprint density at radius 1 is 1.30 bits per heavy atom. The first-order valence-electron chi connectivity index (χ1n) is 7.09. The summed E-state index contributed by atoms with van der Waals surface area (Å²) in [7, 11) is 1.97. The van der Waals surface area contributed by atoms with Gasteiger partial charge in [-0.1, -0.05) is 48.4 Å². The monoisotopic (exact) mass is 291 g/mol. The molecule has 0 amide bonds. The van der Waals surface area contributed by atoms with Gasteiger partial charge in [0.1, 0.15) is 0 Å². The van der Waals surface area contributed by atoms with E-state index in [9.17, 15) is 0 Å². The summed E-state index contributed by atoms with van der Waals surface area (Å²) in [5.41, 5.74) is 3.66. The molecular weight excluding hydrogens is 270 g/mol. The molecule has 1 aromatic heterocycles. The van der Waals surface area contributed by atoms with E-state index in [-0.39, 0.29) is 6.04 Å². The third kappa shape index (κ3) is 3.41. The van der Waals surface area contributed by atoms with Gasteiger partial charge in [-0.05, 0) is 32.4 Å². The van der Waals surface area contributed by atoms with Crippen LogP contribution in [-0.4, -0.2) is 16.8 Å². The highest BCUT2D eigenvalue weighted by molar-refractivity contribution is 6.31. The Bertz CT molecular complexity index is 545. The van der Waals surface area contributed by atoms with E-state index >= 15 is 0 Å². The molecule has 0 spiro atoms. The van der Waals surface area contributed by atoms with Gasteiger partial charge in [-0.15, -0.1) is 0 Å². The molecule has 0 bridgehead atoms. The van der Waals surface area contributed by atoms with Gasteiger partial charge in [0.05, 0.1) is 23.0 Å². The van der Waals surface area contributed by atoms with E-state index in [4.69, 9.17) is 11.6 Å². The van der Waals surface area contributed by atoms with Crippen LogP contribution in [0.4, 0.5) is 0 Å². The number of nitrogens with one attached hydrogen (secondary N) is 1. The fourth-order valence-electron chi connectivity index (χ4n) is 2.40. The minimum absolute atomic E-state index is 0.180. The molecule has 4 heteroatoms. The van der Waals surface area contributed by atoms with Crippen LogP contribution in [0.5, 0.6) is 0 Å². The van der Waals surface area contributed by atoms with Crippen LogP contribution in [0.2, 0.25) is 5.02 Å². The average Bonchev–Trinajstić information content (AvgIpc) is 2.80. The molecule has 1 aromatic carbocycles. The van der Waals surface area contributed by atoms with Crippen LogP contribution in [0, 0.1) is 6.92 Å². The molecule has 2 aromatic rings. The fraction of sp³-hybridized carbons (Fsp3) is 0.438. The predicted octanol–water partition coefficient (Wildman–Crippen LogP) is 3.76. The van der Waals surface area contributed by atoms with Crippen molar-refractivity contribution in [2.24, 2.45) is 0 Å². The Morgan fingerprint density at radius 3 is 2.60 bits per heavy atom. The molecule has 2 rings (SSSR count). The number of aryl methyl sites for hydroxylation is 2. The third-order valence-corrected chi connectivity index (χ3v) is 3.80. The van der Waals surface area contributed by atoms with Crippen molar-refractivity contribution in [2.45, 2.75) is 39.3 Å². The number of hydrogen-bond acceptors (Lipinski definition) is 2. The van der Waals surface area contributed by atoms with Crippen LogP contribution in [0.15, 0.2) is 30.5 Å². The lowest BCUT2D eigenvalue weighted by Crippen LogP contribution is -2.23. The zero-order valence-corrected chi connectivity index (χ0v) is 13.1. The second-order valence-electron chi connectivity index (χ2n) is 5.13. The van der Waals surface area contributed by atoms with Crippen molar-refractivity contribution in [3.8, 4) is 0 Å². The van der Waals surface area contributed by atoms with E-state index in [2.05, 4.69) is 48.5 Å². The predicted molar refractivity (Wildman–Crippen MR) is 84.2 cm³/mol. The first-order valence-corrected chi connectivity index (χ1v) is 7.47. The molecule has 0 aliphatic heterocycles. The largest absolute Gasteiger partial charge is 0.311 e. The summed E-state index contributed by atoms with van der Waals surface area (Å²) in [5.74, 6) is 0. The molecule has 0 saturated carbocycles. The van der Waals surface area contributed by atoms with E-state index < -0.39 is 0 Å². The fourth-order valence-corrected chi connectivity index (χ4v) is 2.68. The zero-order valence-electron chi connectivity index (χ0n) is 12.4. The van der Waals surface area contributed by atoms with Gasteiger partial charge >= 0.3 is 0 Å². The summed E-state index contributed by atoms with van der Waals surface area (Å²) in [6.07, 6.45) is 3.70. The Balaban J connectivity index is 2.23. The Kier molecular flexibility index (Phi) is 5.21. The van der Waals surface area contributed by atoms with Gasteiger partial charge in [0.2, 0.25) is 0 Å². The Morgan fingerprint density at radius 2 is 2.00 bits per heavy atom. The van der Waals surface area contributed by atoms with Gasteiger partial charge in [-0.25, -0.2) is 0 Å². The summed E-state index contributed by atoms with van der Waals surface area (Å²) in [6, 6.07) is 8.82. The third-order valence-electron chi connectivity index (χ3n) is 3.51. The average molecular weight is 292 g/mol. The molecule has 3 nitrogen and oxygen atoms in total. The summed E-state index contributed by atoms with van der Waals surface area (Å²) in [4.78, 5) is 0. The first-order chi connectivity index (χ1) is 9.65. The molecule has 0 aliphatic carbocycles. The molecule has 0 radical (unpaired) electrons. The molecule has 1 N–H and O–H groups in total. The number of rotatable bonds is 6. The van der Waals surface area contributed by atoms with Gasteiger partial charge in [-0.3, -0.25) is 4.68 Å². The van der Waals surface area contributed by atoms with E-state index in [1.54, 1.807) is 6.20 Å². The van der Waals surface area contributed by atoms with E-state index in [1.165, 1.54) is 11.1 Å². The smallest absolute Gasteiger partial charge is 0.0834 e. The quantitative estimate of drug-likeness (QED) is 0.878. The lowest BCUT2D eigenvalue weighted by molar-refractivity contribution is 0.497. The van der Waals surface area contributed by atoms with Crippen LogP contribution >= 0.6 is 11.6 Å². The van der Waals surface area contributed by atoms with Gasteiger partial charge in [0, 0.05) is 6.54 Å². The lowest BCUT2D eigenvalue weighted by Gasteiger charge is -2.19. The van der Waals surface area contributed by atoms with Crippen LogP contribution in [0.1, 0.15) is 36.2 Å². The summed E-state index contributed by atoms with van der Waals surface area (Å²) >= 11 is 6.32. The van der Waals surface area contributed by atoms with Crippen LogP contribution in [0.3, 0.4) is 0 Å². The molecule has 0 saturated heterocycles. The summed E-state index contributed by atoms with van der Waals surface area (Å²) in [5, 5.41) is 8.48. The number of hydrogen-bond donors (Lipinski definition) is 1. The number of halogens is 1. The summed E-state index contributed by atoms with van der Waals surface area (Å²) in [6.45, 7) is 5.15. The molecule has 0 aliphatic rings. The molecule has 20 heavy (non-hydrogen) atoms. The minimum Gasteiger partial charge on any atom is -0.311 e. The highest BCUT2D eigenvalue weighted by atomic mass is 35.5. The van der Waals surface area contributed by atoms with Gasteiger partial charge in [-0.2, -0.15) is 5.10 Å². The van der Waals surface area contributed by atoms with Crippen molar-refractivity contribution >= 4 is 11.6 Å². The molecule has 0 fully saturated rings. The van der Waals surface area contributed by atoms with Crippen molar-refractivity contribution in [3.05, 3.63) is 52.3 Å². The molecular formula is C16H22ClN3. The topological polar surface area (TPSA) is 29.9 Å². The second kappa shape index (κ2) is 6.91. The SMILES string of the molecule is CCCn1ncc(Cl)c1C(Cc1ccc(C)cc1)NC. The minimum atomic E-state index is 0.180. The molecule has 1 atom stereocenters.